The molecule has 0 aliphatic carbocycles. The molecule has 0 fully saturated rings. The number of amides is 1. The molecule has 8 heteroatoms. The minimum absolute atomic E-state index is 0.0487. The second-order valence-corrected chi connectivity index (χ2v) is 12.6. The molecule has 2 aromatic carbocycles. The van der Waals surface area contributed by atoms with Crippen molar-refractivity contribution < 1.29 is 22.7 Å². The van der Waals surface area contributed by atoms with Crippen LogP contribution in [0.25, 0.3) is 0 Å². The first-order valence-electron chi connectivity index (χ1n) is 15.4. The molecule has 3 rings (SSSR count). The van der Waals surface area contributed by atoms with Crippen molar-refractivity contribution in [2.45, 2.75) is 96.3 Å². The van der Waals surface area contributed by atoms with Crippen LogP contribution in [0.2, 0.25) is 0 Å². The normalized spacial score (nSPS) is 14.5. The minimum atomic E-state index is -4.12. The maximum atomic E-state index is 13.7. The van der Waals surface area contributed by atoms with Gasteiger partial charge < -0.3 is 15.0 Å². The highest BCUT2D eigenvalue weighted by Gasteiger charge is 2.34. The van der Waals surface area contributed by atoms with Gasteiger partial charge in [-0.2, -0.15) is 0 Å². The Labute approximate surface area is 252 Å². The number of nitrogens with zero attached hydrogens (tertiary/aromatic N) is 1. The van der Waals surface area contributed by atoms with Gasteiger partial charge in [0.25, 0.3) is 5.91 Å². The van der Waals surface area contributed by atoms with Gasteiger partial charge in [-0.15, -0.1) is 0 Å². The van der Waals surface area contributed by atoms with Crippen LogP contribution in [0.3, 0.4) is 0 Å². The van der Waals surface area contributed by atoms with Gasteiger partial charge in [-0.05, 0) is 50.6 Å². The topological polar surface area (TPSA) is 92.8 Å². The molecule has 7 nitrogen and oxygen atoms in total. The average molecular weight is 595 g/mol. The minimum Gasteiger partial charge on any atom is -0.462 e. The van der Waals surface area contributed by atoms with E-state index < -0.39 is 21.7 Å². The van der Waals surface area contributed by atoms with Gasteiger partial charge in [0.05, 0.1) is 17.1 Å². The number of benzene rings is 2. The fourth-order valence-corrected chi connectivity index (χ4v) is 6.76. The van der Waals surface area contributed by atoms with Crippen LogP contribution in [0.4, 0.5) is 5.69 Å². The molecule has 0 radical (unpaired) electrons. The zero-order chi connectivity index (χ0) is 30.4. The van der Waals surface area contributed by atoms with Crippen molar-refractivity contribution in [3.63, 3.8) is 0 Å². The van der Waals surface area contributed by atoms with Crippen molar-refractivity contribution in [2.75, 3.05) is 18.5 Å². The fraction of sp³-hybridized carbons (Fsp3) is 0.471. The number of ether oxygens (including phenoxy) is 1. The molecule has 1 amide bonds. The first-order chi connectivity index (χ1) is 20.3. The lowest BCUT2D eigenvalue weighted by Gasteiger charge is -2.23. The number of hydrogen-bond acceptors (Lipinski definition) is 6. The Morgan fingerprint density at radius 2 is 1.50 bits per heavy atom. The predicted molar refractivity (Wildman–Crippen MR) is 169 cm³/mol. The number of rotatable bonds is 17. The van der Waals surface area contributed by atoms with Gasteiger partial charge in [0.1, 0.15) is 0 Å². The van der Waals surface area contributed by atoms with E-state index in [2.05, 4.69) is 12.2 Å². The molecule has 1 heterocycles. The van der Waals surface area contributed by atoms with Gasteiger partial charge >= 0.3 is 5.97 Å². The van der Waals surface area contributed by atoms with Crippen LogP contribution in [0.15, 0.2) is 81.9 Å². The number of hydrogen-bond donors (Lipinski definition) is 1. The van der Waals surface area contributed by atoms with Gasteiger partial charge in [-0.25, -0.2) is 13.2 Å². The van der Waals surface area contributed by atoms with E-state index in [0.29, 0.717) is 36.5 Å². The second-order valence-electron chi connectivity index (χ2n) is 10.7. The second kappa shape index (κ2) is 16.9. The number of anilines is 1. The molecular formula is C34H46N2O5S. The van der Waals surface area contributed by atoms with E-state index in [1.807, 2.05) is 24.8 Å². The van der Waals surface area contributed by atoms with Crippen LogP contribution in [0.5, 0.6) is 0 Å². The molecule has 228 valence electrons. The predicted octanol–water partition coefficient (Wildman–Crippen LogP) is 8.02. The van der Waals surface area contributed by atoms with Crippen molar-refractivity contribution >= 4 is 27.4 Å². The van der Waals surface area contributed by atoms with Crippen molar-refractivity contribution in [1.29, 1.82) is 0 Å². The van der Waals surface area contributed by atoms with Crippen molar-refractivity contribution in [3.8, 4) is 0 Å². The van der Waals surface area contributed by atoms with Gasteiger partial charge in [0.15, 0.2) is 4.91 Å². The molecule has 0 bridgehead atoms. The van der Waals surface area contributed by atoms with E-state index in [9.17, 15) is 18.0 Å². The lowest BCUT2D eigenvalue weighted by molar-refractivity contribution is -0.112. The lowest BCUT2D eigenvalue weighted by Crippen LogP contribution is -2.28. The summed E-state index contributed by atoms with van der Waals surface area (Å²) < 4.78 is 32.9. The van der Waals surface area contributed by atoms with E-state index >= 15 is 0 Å². The molecular weight excluding hydrogens is 548 g/mol. The third kappa shape index (κ3) is 9.31. The standard InChI is InChI=1S/C34H46N2O5S/c1-4-6-7-8-9-10-11-12-13-17-25-41-34(38)28-19-18-20-29(26-28)35-33(37)32(31-24-23-27(3)36(31)5-2)42(39,40)30-21-15-14-16-22-30/h14-16,18-23,26H,4-13,17,24-25H2,1-3H3,(H,35,37)/b32-31+. The van der Waals surface area contributed by atoms with Crippen LogP contribution < -0.4 is 5.32 Å². The Balaban J connectivity index is 1.62. The SMILES string of the molecule is CCCCCCCCCCCCOC(=O)c1cccc(NC(=O)/C(=C2/CC=C(C)N2CC)S(=O)(=O)c2ccccc2)c1. The first kappa shape index (κ1) is 33.1. The fourth-order valence-electron chi connectivity index (χ4n) is 5.21. The Hall–Kier alpha value is -3.39. The smallest absolute Gasteiger partial charge is 0.338 e. The molecule has 0 saturated heterocycles. The van der Waals surface area contributed by atoms with Crippen LogP contribution >= 0.6 is 0 Å². The van der Waals surface area contributed by atoms with E-state index in [1.165, 1.54) is 63.1 Å². The van der Waals surface area contributed by atoms with Gasteiger partial charge in [0.2, 0.25) is 9.84 Å². The summed E-state index contributed by atoms with van der Waals surface area (Å²) in [7, 11) is -4.12. The molecule has 2 aromatic rings. The number of esters is 1. The lowest BCUT2D eigenvalue weighted by atomic mass is 10.1. The number of nitrogens with one attached hydrogen (secondary N) is 1. The molecule has 0 spiro atoms. The molecule has 0 atom stereocenters. The quantitative estimate of drug-likeness (QED) is 0.113. The Morgan fingerprint density at radius 3 is 2.14 bits per heavy atom. The molecule has 1 aliphatic heterocycles. The maximum Gasteiger partial charge on any atom is 0.338 e. The summed E-state index contributed by atoms with van der Waals surface area (Å²) in [6, 6.07) is 14.4. The molecule has 42 heavy (non-hydrogen) atoms. The number of carbonyl (C=O) groups is 2. The number of carbonyl (C=O) groups excluding carboxylic acids is 2. The summed E-state index contributed by atoms with van der Waals surface area (Å²) in [6.45, 7) is 6.91. The highest BCUT2D eigenvalue weighted by Crippen LogP contribution is 2.33. The zero-order valence-electron chi connectivity index (χ0n) is 25.4. The first-order valence-corrected chi connectivity index (χ1v) is 16.8. The highest BCUT2D eigenvalue weighted by atomic mass is 32.2. The van der Waals surface area contributed by atoms with E-state index in [-0.39, 0.29) is 9.80 Å². The average Bonchev–Trinajstić information content (AvgIpc) is 3.35. The van der Waals surface area contributed by atoms with Crippen LogP contribution in [-0.2, 0) is 19.4 Å². The molecule has 1 aliphatic rings. The van der Waals surface area contributed by atoms with Crippen molar-refractivity contribution in [2.24, 2.45) is 0 Å². The number of unbranched alkanes of at least 4 members (excludes halogenated alkanes) is 9. The van der Waals surface area contributed by atoms with Crippen LogP contribution in [0, 0.1) is 0 Å². The summed E-state index contributed by atoms with van der Waals surface area (Å²) in [5.74, 6) is -1.21. The number of allylic oxidation sites excluding steroid dienone is 2. The highest BCUT2D eigenvalue weighted by molar-refractivity contribution is 7.96. The molecule has 0 aromatic heterocycles. The Bertz CT molecular complexity index is 1350. The largest absolute Gasteiger partial charge is 0.462 e. The van der Waals surface area contributed by atoms with Crippen LogP contribution in [-0.4, -0.2) is 38.3 Å². The third-order valence-corrected chi connectivity index (χ3v) is 9.39. The monoisotopic (exact) mass is 594 g/mol. The zero-order valence-corrected chi connectivity index (χ0v) is 26.2. The Morgan fingerprint density at radius 1 is 0.857 bits per heavy atom. The van der Waals surface area contributed by atoms with E-state index in [1.54, 1.807) is 36.4 Å². The molecule has 0 saturated carbocycles. The van der Waals surface area contributed by atoms with Crippen LogP contribution in [0.1, 0.15) is 102 Å². The van der Waals surface area contributed by atoms with E-state index in [4.69, 9.17) is 4.74 Å². The summed E-state index contributed by atoms with van der Waals surface area (Å²) in [6.07, 6.45) is 14.2. The maximum absolute atomic E-state index is 13.7. The third-order valence-electron chi connectivity index (χ3n) is 7.54. The Kier molecular flexibility index (Phi) is 13.3. The van der Waals surface area contributed by atoms with Gasteiger partial charge in [-0.3, -0.25) is 4.79 Å². The van der Waals surface area contributed by atoms with E-state index in [0.717, 1.165) is 25.0 Å². The molecule has 1 N–H and O–H groups in total. The van der Waals surface area contributed by atoms with Gasteiger partial charge in [-0.1, -0.05) is 95.1 Å². The number of sulfone groups is 1. The summed E-state index contributed by atoms with van der Waals surface area (Å²) in [5, 5.41) is 2.73. The summed E-state index contributed by atoms with van der Waals surface area (Å²) in [4.78, 5) is 27.9. The summed E-state index contributed by atoms with van der Waals surface area (Å²) in [5.41, 5.74) is 1.95. The van der Waals surface area contributed by atoms with Crippen molar-refractivity contribution in [1.82, 2.24) is 4.90 Å². The van der Waals surface area contributed by atoms with Gasteiger partial charge in [0, 0.05) is 30.0 Å². The summed E-state index contributed by atoms with van der Waals surface area (Å²) >= 11 is 0. The molecule has 0 unspecified atom stereocenters. The van der Waals surface area contributed by atoms with Crippen molar-refractivity contribution in [3.05, 3.63) is 82.5 Å².